The Morgan fingerprint density at radius 3 is 2.67 bits per heavy atom. The summed E-state index contributed by atoms with van der Waals surface area (Å²) in [6.07, 6.45) is 4.34. The standard InChI is InChI=1S/C7H11BrN4/c8-6-4-11-7(12-5-6)10-3-1-2-9/h4-5H,1-3,9H2,(H,10,11,12). The number of hydrogen-bond donors (Lipinski definition) is 2. The minimum atomic E-state index is 0.645. The second-order valence-corrected chi connectivity index (χ2v) is 3.21. The molecule has 66 valence electrons. The molecule has 0 unspecified atom stereocenters. The van der Waals surface area contributed by atoms with Crippen molar-refractivity contribution in [2.45, 2.75) is 6.42 Å². The molecule has 0 saturated carbocycles. The second-order valence-electron chi connectivity index (χ2n) is 2.29. The summed E-state index contributed by atoms with van der Waals surface area (Å²) in [7, 11) is 0. The van der Waals surface area contributed by atoms with E-state index in [0.29, 0.717) is 12.5 Å². The minimum absolute atomic E-state index is 0.645. The summed E-state index contributed by atoms with van der Waals surface area (Å²) in [6, 6.07) is 0. The van der Waals surface area contributed by atoms with E-state index in [-0.39, 0.29) is 0 Å². The topological polar surface area (TPSA) is 63.8 Å². The summed E-state index contributed by atoms with van der Waals surface area (Å²) in [6.45, 7) is 1.50. The fraction of sp³-hybridized carbons (Fsp3) is 0.429. The Morgan fingerprint density at radius 2 is 2.08 bits per heavy atom. The molecule has 0 aliphatic heterocycles. The fourth-order valence-corrected chi connectivity index (χ4v) is 0.911. The van der Waals surface area contributed by atoms with E-state index in [1.807, 2.05) is 0 Å². The lowest BCUT2D eigenvalue weighted by molar-refractivity contribution is 0.863. The van der Waals surface area contributed by atoms with Gasteiger partial charge in [-0.15, -0.1) is 0 Å². The summed E-state index contributed by atoms with van der Waals surface area (Å²) >= 11 is 3.25. The number of nitrogens with two attached hydrogens (primary N) is 1. The lowest BCUT2D eigenvalue weighted by atomic mass is 10.4. The molecule has 0 fully saturated rings. The maximum atomic E-state index is 5.33. The second kappa shape index (κ2) is 5.05. The third kappa shape index (κ3) is 3.15. The van der Waals surface area contributed by atoms with Gasteiger partial charge in [-0.2, -0.15) is 0 Å². The van der Waals surface area contributed by atoms with Crippen LogP contribution >= 0.6 is 15.9 Å². The van der Waals surface area contributed by atoms with Gasteiger partial charge in [-0.05, 0) is 28.9 Å². The molecule has 1 aromatic rings. The highest BCUT2D eigenvalue weighted by molar-refractivity contribution is 9.10. The molecule has 4 nitrogen and oxygen atoms in total. The third-order valence-electron chi connectivity index (χ3n) is 1.28. The molecule has 0 spiro atoms. The normalized spacial score (nSPS) is 9.83. The van der Waals surface area contributed by atoms with Crippen LogP contribution in [0, 0.1) is 0 Å². The van der Waals surface area contributed by atoms with Crippen molar-refractivity contribution in [3.63, 3.8) is 0 Å². The zero-order valence-corrected chi connectivity index (χ0v) is 8.21. The zero-order chi connectivity index (χ0) is 8.81. The third-order valence-corrected chi connectivity index (χ3v) is 1.69. The highest BCUT2D eigenvalue weighted by Gasteiger charge is 1.92. The molecule has 0 radical (unpaired) electrons. The van der Waals surface area contributed by atoms with Gasteiger partial charge >= 0.3 is 0 Å². The van der Waals surface area contributed by atoms with Crippen LogP contribution in [-0.2, 0) is 0 Å². The Morgan fingerprint density at radius 1 is 1.42 bits per heavy atom. The number of nitrogens with one attached hydrogen (secondary N) is 1. The summed E-state index contributed by atoms with van der Waals surface area (Å²) in [5, 5.41) is 3.05. The van der Waals surface area contributed by atoms with Gasteiger partial charge in [0.25, 0.3) is 0 Å². The van der Waals surface area contributed by atoms with Gasteiger partial charge in [-0.1, -0.05) is 0 Å². The average molecular weight is 231 g/mol. The molecule has 1 aromatic heterocycles. The Kier molecular flexibility index (Phi) is 3.96. The number of aromatic nitrogens is 2. The van der Waals surface area contributed by atoms with Crippen LogP contribution in [0.15, 0.2) is 16.9 Å². The van der Waals surface area contributed by atoms with Crippen LogP contribution in [0.25, 0.3) is 0 Å². The molecule has 1 rings (SSSR count). The van der Waals surface area contributed by atoms with Gasteiger partial charge < -0.3 is 11.1 Å². The molecule has 0 aromatic carbocycles. The molecule has 3 N–H and O–H groups in total. The smallest absolute Gasteiger partial charge is 0.222 e. The molecule has 0 bridgehead atoms. The van der Waals surface area contributed by atoms with Crippen molar-refractivity contribution in [3.8, 4) is 0 Å². The van der Waals surface area contributed by atoms with Crippen molar-refractivity contribution >= 4 is 21.9 Å². The van der Waals surface area contributed by atoms with Gasteiger partial charge in [0.15, 0.2) is 0 Å². The van der Waals surface area contributed by atoms with Crippen LogP contribution < -0.4 is 11.1 Å². The minimum Gasteiger partial charge on any atom is -0.354 e. The first-order valence-electron chi connectivity index (χ1n) is 3.74. The van der Waals surface area contributed by atoms with Crippen LogP contribution in [0.5, 0.6) is 0 Å². The van der Waals surface area contributed by atoms with Crippen molar-refractivity contribution in [1.29, 1.82) is 0 Å². The predicted molar refractivity (Wildman–Crippen MR) is 51.9 cm³/mol. The van der Waals surface area contributed by atoms with Crippen LogP contribution in [-0.4, -0.2) is 23.1 Å². The molecule has 0 saturated heterocycles. The number of rotatable bonds is 4. The maximum Gasteiger partial charge on any atom is 0.222 e. The Hall–Kier alpha value is -0.680. The fourth-order valence-electron chi connectivity index (χ4n) is 0.706. The molecule has 1 heterocycles. The maximum absolute atomic E-state index is 5.33. The summed E-state index contributed by atoms with van der Waals surface area (Å²) in [4.78, 5) is 8.08. The van der Waals surface area contributed by atoms with Crippen LogP contribution in [0.1, 0.15) is 6.42 Å². The largest absolute Gasteiger partial charge is 0.354 e. The highest BCUT2D eigenvalue weighted by atomic mass is 79.9. The van der Waals surface area contributed by atoms with Crippen molar-refractivity contribution in [1.82, 2.24) is 9.97 Å². The van der Waals surface area contributed by atoms with E-state index in [2.05, 4.69) is 31.2 Å². The molecule has 0 aliphatic rings. The Bertz CT molecular complexity index is 223. The molecular formula is C7H11BrN4. The average Bonchev–Trinajstić information content (AvgIpc) is 2.09. The highest BCUT2D eigenvalue weighted by Crippen LogP contribution is 2.06. The molecular weight excluding hydrogens is 220 g/mol. The van der Waals surface area contributed by atoms with Gasteiger partial charge in [0.1, 0.15) is 0 Å². The quantitative estimate of drug-likeness (QED) is 0.758. The van der Waals surface area contributed by atoms with E-state index in [1.165, 1.54) is 0 Å². The van der Waals surface area contributed by atoms with E-state index in [4.69, 9.17) is 5.73 Å². The van der Waals surface area contributed by atoms with Gasteiger partial charge in [0.2, 0.25) is 5.95 Å². The molecule has 12 heavy (non-hydrogen) atoms. The molecule has 0 aliphatic carbocycles. The van der Waals surface area contributed by atoms with E-state index < -0.39 is 0 Å². The SMILES string of the molecule is NCCCNc1ncc(Br)cn1. The summed E-state index contributed by atoms with van der Waals surface area (Å²) < 4.78 is 0.881. The van der Waals surface area contributed by atoms with Crippen molar-refractivity contribution in [3.05, 3.63) is 16.9 Å². The van der Waals surface area contributed by atoms with Gasteiger partial charge in [0.05, 0.1) is 4.47 Å². The number of nitrogens with zero attached hydrogens (tertiary/aromatic N) is 2. The zero-order valence-electron chi connectivity index (χ0n) is 6.63. The van der Waals surface area contributed by atoms with Gasteiger partial charge in [-0.3, -0.25) is 0 Å². The number of hydrogen-bond acceptors (Lipinski definition) is 4. The Labute approximate surface area is 79.7 Å². The van der Waals surface area contributed by atoms with Crippen molar-refractivity contribution in [2.24, 2.45) is 5.73 Å². The predicted octanol–water partition coefficient (Wildman–Crippen LogP) is 1.000. The lowest BCUT2D eigenvalue weighted by Gasteiger charge is -2.01. The first-order valence-corrected chi connectivity index (χ1v) is 4.53. The van der Waals surface area contributed by atoms with E-state index >= 15 is 0 Å². The monoisotopic (exact) mass is 230 g/mol. The lowest BCUT2D eigenvalue weighted by Crippen LogP contribution is -2.10. The van der Waals surface area contributed by atoms with Gasteiger partial charge in [0, 0.05) is 18.9 Å². The summed E-state index contributed by atoms with van der Waals surface area (Å²) in [5.74, 6) is 0.645. The number of anilines is 1. The van der Waals surface area contributed by atoms with E-state index in [9.17, 15) is 0 Å². The number of halogens is 1. The Balaban J connectivity index is 2.37. The van der Waals surface area contributed by atoms with Crippen LogP contribution in [0.3, 0.4) is 0 Å². The first kappa shape index (κ1) is 9.41. The van der Waals surface area contributed by atoms with E-state index in [1.54, 1.807) is 12.4 Å². The van der Waals surface area contributed by atoms with Gasteiger partial charge in [-0.25, -0.2) is 9.97 Å². The van der Waals surface area contributed by atoms with Crippen molar-refractivity contribution < 1.29 is 0 Å². The molecule has 5 heteroatoms. The summed E-state index contributed by atoms with van der Waals surface area (Å²) in [5.41, 5.74) is 5.33. The van der Waals surface area contributed by atoms with Crippen molar-refractivity contribution in [2.75, 3.05) is 18.4 Å². The molecule has 0 atom stereocenters. The van der Waals surface area contributed by atoms with Crippen LogP contribution in [0.2, 0.25) is 0 Å². The van der Waals surface area contributed by atoms with E-state index in [0.717, 1.165) is 17.4 Å². The van der Waals surface area contributed by atoms with Crippen LogP contribution in [0.4, 0.5) is 5.95 Å². The molecule has 0 amide bonds. The first-order chi connectivity index (χ1) is 5.83.